The lowest BCUT2D eigenvalue weighted by Gasteiger charge is -2.10. The van der Waals surface area contributed by atoms with Gasteiger partial charge in [0.2, 0.25) is 5.43 Å². The number of carbonyl (C=O) groups is 1. The van der Waals surface area contributed by atoms with Gasteiger partial charge in [-0.3, -0.25) is 4.79 Å². The van der Waals surface area contributed by atoms with E-state index in [1.165, 1.54) is 19.5 Å². The molecule has 0 aliphatic rings. The Morgan fingerprint density at radius 2 is 2.15 bits per heavy atom. The van der Waals surface area contributed by atoms with Crippen LogP contribution in [-0.4, -0.2) is 34.2 Å². The summed E-state index contributed by atoms with van der Waals surface area (Å²) in [5.74, 6) is -0.641. The van der Waals surface area contributed by atoms with E-state index in [0.29, 0.717) is 12.2 Å². The van der Waals surface area contributed by atoms with Gasteiger partial charge in [0.1, 0.15) is 5.56 Å². The molecule has 0 bridgehead atoms. The number of nitrogens with zero attached hydrogens (tertiary/aromatic N) is 3. The quantitative estimate of drug-likeness (QED) is 0.775. The number of rotatable bonds is 4. The maximum absolute atomic E-state index is 12.3. The summed E-state index contributed by atoms with van der Waals surface area (Å²) < 4.78 is 11.5. The minimum absolute atomic E-state index is 0.0185. The molecule has 7 heteroatoms. The number of methoxy groups -OCH3 is 1. The minimum atomic E-state index is -0.641. The molecule has 106 valence electrons. The molecule has 0 N–H and O–H groups in total. The number of fused-ring (bicyclic) bond motifs is 1. The van der Waals surface area contributed by atoms with Crippen LogP contribution in [0, 0.1) is 0 Å². The van der Waals surface area contributed by atoms with E-state index in [4.69, 9.17) is 9.47 Å². The Balaban J connectivity index is 2.73. The smallest absolute Gasteiger partial charge is 0.343 e. The van der Waals surface area contributed by atoms with Crippen molar-refractivity contribution in [3.8, 4) is 6.01 Å². The summed E-state index contributed by atoms with van der Waals surface area (Å²) in [7, 11) is 1.45. The maximum atomic E-state index is 12.3. The molecular formula is C13H15N3O4. The molecule has 0 radical (unpaired) electrons. The third-order valence-electron chi connectivity index (χ3n) is 2.81. The molecule has 0 saturated heterocycles. The van der Waals surface area contributed by atoms with Gasteiger partial charge >= 0.3 is 12.0 Å². The van der Waals surface area contributed by atoms with E-state index in [-0.39, 0.29) is 23.6 Å². The fourth-order valence-corrected chi connectivity index (χ4v) is 1.85. The van der Waals surface area contributed by atoms with Crippen LogP contribution in [0.5, 0.6) is 6.01 Å². The Morgan fingerprint density at radius 1 is 1.40 bits per heavy atom. The highest BCUT2D eigenvalue weighted by atomic mass is 16.5. The molecule has 0 aliphatic carbocycles. The molecule has 0 aromatic carbocycles. The SMILES string of the molecule is CCOC(=O)c1cn(CC)c2nc(OC)ncc2c1=O. The first-order valence-electron chi connectivity index (χ1n) is 6.23. The van der Waals surface area contributed by atoms with Crippen LogP contribution in [0.15, 0.2) is 17.2 Å². The molecule has 0 saturated carbocycles. The number of aromatic nitrogens is 3. The number of carbonyl (C=O) groups excluding carboxylic acids is 1. The largest absolute Gasteiger partial charge is 0.467 e. The van der Waals surface area contributed by atoms with E-state index < -0.39 is 11.4 Å². The van der Waals surface area contributed by atoms with E-state index >= 15 is 0 Å². The first kappa shape index (κ1) is 14.0. The van der Waals surface area contributed by atoms with Gasteiger partial charge in [0, 0.05) is 18.9 Å². The number of esters is 1. The van der Waals surface area contributed by atoms with Crippen LogP contribution in [0.3, 0.4) is 0 Å². The van der Waals surface area contributed by atoms with E-state index in [9.17, 15) is 9.59 Å². The molecule has 2 heterocycles. The van der Waals surface area contributed by atoms with Gasteiger partial charge in [0.15, 0.2) is 5.65 Å². The first-order valence-corrected chi connectivity index (χ1v) is 6.23. The zero-order chi connectivity index (χ0) is 14.7. The van der Waals surface area contributed by atoms with E-state index in [2.05, 4.69) is 9.97 Å². The van der Waals surface area contributed by atoms with Crippen LogP contribution in [0.1, 0.15) is 24.2 Å². The van der Waals surface area contributed by atoms with Gasteiger partial charge < -0.3 is 14.0 Å². The van der Waals surface area contributed by atoms with Crippen molar-refractivity contribution in [2.45, 2.75) is 20.4 Å². The Hall–Kier alpha value is -2.44. The van der Waals surface area contributed by atoms with Crippen molar-refractivity contribution in [2.24, 2.45) is 0 Å². The fourth-order valence-electron chi connectivity index (χ4n) is 1.85. The number of hydrogen-bond donors (Lipinski definition) is 0. The standard InChI is InChI=1S/C13H15N3O4/c1-4-16-7-9(12(18)20-5-2)10(17)8-6-14-13(19-3)15-11(8)16/h6-7H,4-5H2,1-3H3. The zero-order valence-corrected chi connectivity index (χ0v) is 11.5. The molecule has 0 spiro atoms. The van der Waals surface area contributed by atoms with Crippen LogP contribution >= 0.6 is 0 Å². The van der Waals surface area contributed by atoms with Crippen LogP contribution in [0.2, 0.25) is 0 Å². The third-order valence-corrected chi connectivity index (χ3v) is 2.81. The number of pyridine rings is 1. The van der Waals surface area contributed by atoms with Gasteiger partial charge in [0.05, 0.1) is 19.1 Å². The highest BCUT2D eigenvalue weighted by molar-refractivity contribution is 5.92. The van der Waals surface area contributed by atoms with Crippen LogP contribution in [-0.2, 0) is 11.3 Å². The molecule has 2 aromatic heterocycles. The molecule has 2 rings (SSSR count). The molecule has 0 unspecified atom stereocenters. The summed E-state index contributed by atoms with van der Waals surface area (Å²) in [6.45, 7) is 4.32. The van der Waals surface area contributed by atoms with Crippen molar-refractivity contribution in [3.05, 3.63) is 28.2 Å². The lowest BCUT2D eigenvalue weighted by molar-refractivity contribution is 0.0524. The maximum Gasteiger partial charge on any atom is 0.343 e. The van der Waals surface area contributed by atoms with Gasteiger partial charge in [0.25, 0.3) is 0 Å². The third kappa shape index (κ3) is 2.34. The van der Waals surface area contributed by atoms with Crippen LogP contribution < -0.4 is 10.2 Å². The molecule has 20 heavy (non-hydrogen) atoms. The number of hydrogen-bond acceptors (Lipinski definition) is 6. The molecular weight excluding hydrogens is 262 g/mol. The summed E-state index contributed by atoms with van der Waals surface area (Å²) in [6, 6.07) is 0.169. The van der Waals surface area contributed by atoms with Crippen molar-refractivity contribution in [3.63, 3.8) is 0 Å². The van der Waals surface area contributed by atoms with Crippen LogP contribution in [0.4, 0.5) is 0 Å². The summed E-state index contributed by atoms with van der Waals surface area (Å²) in [5, 5.41) is 0.262. The van der Waals surface area contributed by atoms with Gasteiger partial charge in [-0.1, -0.05) is 0 Å². The Kier molecular flexibility index (Phi) is 3.97. The second-order valence-corrected chi connectivity index (χ2v) is 3.97. The van der Waals surface area contributed by atoms with E-state index in [1.54, 1.807) is 11.5 Å². The topological polar surface area (TPSA) is 83.3 Å². The van der Waals surface area contributed by atoms with Gasteiger partial charge in [-0.15, -0.1) is 0 Å². The molecule has 0 fully saturated rings. The lowest BCUT2D eigenvalue weighted by Crippen LogP contribution is -2.21. The Bertz CT molecular complexity index is 709. The predicted molar refractivity (Wildman–Crippen MR) is 72.0 cm³/mol. The normalized spacial score (nSPS) is 10.6. The van der Waals surface area contributed by atoms with Gasteiger partial charge in [-0.25, -0.2) is 9.78 Å². The second kappa shape index (κ2) is 5.68. The monoisotopic (exact) mass is 277 g/mol. The molecule has 0 aliphatic heterocycles. The zero-order valence-electron chi connectivity index (χ0n) is 11.5. The first-order chi connectivity index (χ1) is 9.62. The van der Waals surface area contributed by atoms with Gasteiger partial charge in [-0.2, -0.15) is 4.98 Å². The summed E-state index contributed by atoms with van der Waals surface area (Å²) in [5.41, 5.74) is -0.0295. The highest BCUT2D eigenvalue weighted by Gasteiger charge is 2.17. The highest BCUT2D eigenvalue weighted by Crippen LogP contribution is 2.12. The average molecular weight is 277 g/mol. The van der Waals surface area contributed by atoms with E-state index in [1.807, 2.05) is 6.92 Å². The molecule has 0 atom stereocenters. The van der Waals surface area contributed by atoms with Crippen molar-refractivity contribution < 1.29 is 14.3 Å². The minimum Gasteiger partial charge on any atom is -0.467 e. The molecule has 7 nitrogen and oxygen atoms in total. The summed E-state index contributed by atoms with van der Waals surface area (Å²) >= 11 is 0. The second-order valence-electron chi connectivity index (χ2n) is 3.97. The lowest BCUT2D eigenvalue weighted by atomic mass is 10.2. The number of ether oxygens (including phenoxy) is 2. The summed E-state index contributed by atoms with van der Waals surface area (Å²) in [4.78, 5) is 32.1. The van der Waals surface area contributed by atoms with Crippen molar-refractivity contribution in [1.29, 1.82) is 0 Å². The fraction of sp³-hybridized carbons (Fsp3) is 0.385. The Labute approximate surface area is 115 Å². The molecule has 2 aromatic rings. The predicted octanol–water partition coefficient (Wildman–Crippen LogP) is 0.997. The van der Waals surface area contributed by atoms with Crippen molar-refractivity contribution in [1.82, 2.24) is 14.5 Å². The van der Waals surface area contributed by atoms with E-state index in [0.717, 1.165) is 0 Å². The average Bonchev–Trinajstić information content (AvgIpc) is 2.47. The van der Waals surface area contributed by atoms with Gasteiger partial charge in [-0.05, 0) is 13.8 Å². The Morgan fingerprint density at radius 3 is 2.75 bits per heavy atom. The van der Waals surface area contributed by atoms with Crippen molar-refractivity contribution >= 4 is 17.0 Å². The van der Waals surface area contributed by atoms with Crippen molar-refractivity contribution in [2.75, 3.05) is 13.7 Å². The summed E-state index contributed by atoms with van der Waals surface area (Å²) in [6.07, 6.45) is 2.81. The number of aryl methyl sites for hydroxylation is 1. The molecule has 0 amide bonds. The van der Waals surface area contributed by atoms with Crippen LogP contribution in [0.25, 0.3) is 11.0 Å².